The quantitative estimate of drug-likeness (QED) is 0.902. The molecule has 1 aromatic rings. The summed E-state index contributed by atoms with van der Waals surface area (Å²) >= 11 is 0. The SMILES string of the molecule is O=C(O)c1ccc(C(=O)N2CCC[C@H]3CCCC[C@H]32)o1. The van der Waals surface area contributed by atoms with Crippen LogP contribution in [0.4, 0.5) is 0 Å². The maximum absolute atomic E-state index is 12.5. The molecule has 5 nitrogen and oxygen atoms in total. The normalized spacial score (nSPS) is 26.1. The van der Waals surface area contributed by atoms with E-state index in [9.17, 15) is 9.59 Å². The van der Waals surface area contributed by atoms with Crippen molar-refractivity contribution in [1.82, 2.24) is 4.90 Å². The summed E-state index contributed by atoms with van der Waals surface area (Å²) in [5.74, 6) is -0.720. The molecule has 2 fully saturated rings. The fourth-order valence-corrected chi connectivity index (χ4v) is 3.59. The Balaban J connectivity index is 1.79. The van der Waals surface area contributed by atoms with Crippen LogP contribution in [0.2, 0.25) is 0 Å². The first-order chi connectivity index (χ1) is 9.66. The van der Waals surface area contributed by atoms with Crippen molar-refractivity contribution in [2.75, 3.05) is 6.54 Å². The minimum Gasteiger partial charge on any atom is -0.475 e. The molecule has 1 saturated carbocycles. The Morgan fingerprint density at radius 1 is 1.10 bits per heavy atom. The van der Waals surface area contributed by atoms with Gasteiger partial charge in [0.1, 0.15) is 0 Å². The van der Waals surface area contributed by atoms with Crippen molar-refractivity contribution in [3.05, 3.63) is 23.7 Å². The zero-order valence-electron chi connectivity index (χ0n) is 11.4. The van der Waals surface area contributed by atoms with Crippen LogP contribution in [0.25, 0.3) is 0 Å². The molecule has 0 bridgehead atoms. The number of carboxylic acids is 1. The van der Waals surface area contributed by atoms with Gasteiger partial charge in [0.15, 0.2) is 5.76 Å². The summed E-state index contributed by atoms with van der Waals surface area (Å²) in [6.07, 6.45) is 6.92. The molecule has 0 radical (unpaired) electrons. The van der Waals surface area contributed by atoms with Crippen LogP contribution in [0.5, 0.6) is 0 Å². The Hall–Kier alpha value is -1.78. The molecule has 5 heteroatoms. The van der Waals surface area contributed by atoms with Crippen molar-refractivity contribution in [3.8, 4) is 0 Å². The van der Waals surface area contributed by atoms with Crippen LogP contribution in [0.1, 0.15) is 59.6 Å². The highest BCUT2D eigenvalue weighted by Gasteiger charge is 2.36. The molecular weight excluding hydrogens is 258 g/mol. The standard InChI is InChI=1S/C15H19NO4/c17-14(12-7-8-13(20-12)15(18)19)16-9-3-5-10-4-1-2-6-11(10)16/h7-8,10-11H,1-6,9H2,(H,18,19)/t10-,11-/m1/s1. The molecular formula is C15H19NO4. The minimum atomic E-state index is -1.14. The van der Waals surface area contributed by atoms with Gasteiger partial charge in [0.25, 0.3) is 5.91 Å². The number of nitrogens with zero attached hydrogens (tertiary/aromatic N) is 1. The van der Waals surface area contributed by atoms with Gasteiger partial charge in [-0.2, -0.15) is 0 Å². The van der Waals surface area contributed by atoms with Crippen LogP contribution < -0.4 is 0 Å². The third kappa shape index (κ3) is 2.32. The molecule has 1 aliphatic heterocycles. The van der Waals surface area contributed by atoms with E-state index in [4.69, 9.17) is 9.52 Å². The van der Waals surface area contributed by atoms with Crippen molar-refractivity contribution < 1.29 is 19.1 Å². The van der Waals surface area contributed by atoms with Crippen LogP contribution in [0, 0.1) is 5.92 Å². The molecule has 2 atom stereocenters. The van der Waals surface area contributed by atoms with E-state index in [1.54, 1.807) is 0 Å². The summed E-state index contributed by atoms with van der Waals surface area (Å²) in [7, 11) is 0. The number of amides is 1. The first-order valence-electron chi connectivity index (χ1n) is 7.31. The lowest BCUT2D eigenvalue weighted by Gasteiger charge is -2.43. The molecule has 108 valence electrons. The number of carbonyl (C=O) groups is 2. The van der Waals surface area contributed by atoms with Gasteiger partial charge in [-0.3, -0.25) is 4.79 Å². The van der Waals surface area contributed by atoms with E-state index < -0.39 is 5.97 Å². The van der Waals surface area contributed by atoms with Gasteiger partial charge in [-0.05, 0) is 43.7 Å². The molecule has 0 aromatic carbocycles. The molecule has 2 heterocycles. The second kappa shape index (κ2) is 5.31. The molecule has 1 amide bonds. The van der Waals surface area contributed by atoms with E-state index in [-0.39, 0.29) is 17.4 Å². The number of piperidine rings is 1. The van der Waals surface area contributed by atoms with Crippen molar-refractivity contribution in [2.45, 2.75) is 44.6 Å². The summed E-state index contributed by atoms with van der Waals surface area (Å²) in [5.41, 5.74) is 0. The fraction of sp³-hybridized carbons (Fsp3) is 0.600. The maximum Gasteiger partial charge on any atom is 0.371 e. The summed E-state index contributed by atoms with van der Waals surface area (Å²) in [5, 5.41) is 8.86. The first-order valence-corrected chi connectivity index (χ1v) is 7.31. The number of furan rings is 1. The molecule has 0 spiro atoms. The Kier molecular flexibility index (Phi) is 3.51. The fourth-order valence-electron chi connectivity index (χ4n) is 3.59. The van der Waals surface area contributed by atoms with Gasteiger partial charge in [0, 0.05) is 12.6 Å². The number of hydrogen-bond acceptors (Lipinski definition) is 3. The number of carbonyl (C=O) groups excluding carboxylic acids is 1. The first kappa shape index (κ1) is 13.2. The monoisotopic (exact) mass is 277 g/mol. The Bertz CT molecular complexity index is 520. The van der Waals surface area contributed by atoms with Gasteiger partial charge in [-0.15, -0.1) is 0 Å². The van der Waals surface area contributed by atoms with Gasteiger partial charge >= 0.3 is 5.97 Å². The highest BCUT2D eigenvalue weighted by molar-refractivity contribution is 5.93. The number of hydrogen-bond donors (Lipinski definition) is 1. The molecule has 1 aromatic heterocycles. The molecule has 1 saturated heterocycles. The van der Waals surface area contributed by atoms with Crippen LogP contribution in [-0.4, -0.2) is 34.5 Å². The summed E-state index contributed by atoms with van der Waals surface area (Å²) < 4.78 is 5.15. The van der Waals surface area contributed by atoms with Crippen molar-refractivity contribution >= 4 is 11.9 Å². The van der Waals surface area contributed by atoms with E-state index in [1.165, 1.54) is 37.8 Å². The number of fused-ring (bicyclic) bond motifs is 1. The third-order valence-corrected chi connectivity index (χ3v) is 4.53. The Labute approximate surface area is 117 Å². The van der Waals surface area contributed by atoms with Crippen molar-refractivity contribution in [1.29, 1.82) is 0 Å². The zero-order chi connectivity index (χ0) is 14.1. The summed E-state index contributed by atoms with van der Waals surface area (Å²) in [6, 6.07) is 3.12. The van der Waals surface area contributed by atoms with Gasteiger partial charge in [-0.25, -0.2) is 4.79 Å². The predicted molar refractivity (Wildman–Crippen MR) is 71.7 cm³/mol. The lowest BCUT2D eigenvalue weighted by molar-refractivity contribution is 0.0359. The van der Waals surface area contributed by atoms with Gasteiger partial charge in [-0.1, -0.05) is 12.8 Å². The smallest absolute Gasteiger partial charge is 0.371 e. The van der Waals surface area contributed by atoms with Gasteiger partial charge in [0.2, 0.25) is 5.76 Å². The summed E-state index contributed by atoms with van der Waals surface area (Å²) in [4.78, 5) is 25.3. The largest absolute Gasteiger partial charge is 0.475 e. The van der Waals surface area contributed by atoms with Crippen molar-refractivity contribution in [2.24, 2.45) is 5.92 Å². The highest BCUT2D eigenvalue weighted by Crippen LogP contribution is 2.36. The topological polar surface area (TPSA) is 70.8 Å². The minimum absolute atomic E-state index is 0.147. The lowest BCUT2D eigenvalue weighted by atomic mass is 9.78. The number of aromatic carboxylic acids is 1. The summed E-state index contributed by atoms with van der Waals surface area (Å²) in [6.45, 7) is 0.753. The van der Waals surface area contributed by atoms with Crippen LogP contribution in [-0.2, 0) is 0 Å². The van der Waals surface area contributed by atoms with Gasteiger partial charge < -0.3 is 14.4 Å². The van der Waals surface area contributed by atoms with Crippen LogP contribution in [0.3, 0.4) is 0 Å². The van der Waals surface area contributed by atoms with E-state index in [0.717, 1.165) is 19.4 Å². The molecule has 1 N–H and O–H groups in total. The number of rotatable bonds is 2. The van der Waals surface area contributed by atoms with Crippen LogP contribution in [0.15, 0.2) is 16.5 Å². The molecule has 1 aliphatic carbocycles. The van der Waals surface area contributed by atoms with Crippen molar-refractivity contribution in [3.63, 3.8) is 0 Å². The van der Waals surface area contributed by atoms with E-state index >= 15 is 0 Å². The number of carboxylic acid groups (broad SMARTS) is 1. The zero-order valence-corrected chi connectivity index (χ0v) is 11.4. The van der Waals surface area contributed by atoms with E-state index in [1.807, 2.05) is 4.90 Å². The van der Waals surface area contributed by atoms with Crippen LogP contribution >= 0.6 is 0 Å². The van der Waals surface area contributed by atoms with E-state index in [0.29, 0.717) is 12.0 Å². The predicted octanol–water partition coefficient (Wildman–Crippen LogP) is 2.77. The number of likely N-dealkylation sites (tertiary alicyclic amines) is 1. The average Bonchev–Trinajstić information content (AvgIpc) is 2.96. The molecule has 2 aliphatic rings. The van der Waals surface area contributed by atoms with Gasteiger partial charge in [0.05, 0.1) is 0 Å². The Morgan fingerprint density at radius 2 is 1.80 bits per heavy atom. The molecule has 0 unspecified atom stereocenters. The molecule has 3 rings (SSSR count). The second-order valence-electron chi connectivity index (χ2n) is 5.72. The lowest BCUT2D eigenvalue weighted by Crippen LogP contribution is -2.49. The third-order valence-electron chi connectivity index (χ3n) is 4.53. The Morgan fingerprint density at radius 3 is 2.55 bits per heavy atom. The molecule has 20 heavy (non-hydrogen) atoms. The maximum atomic E-state index is 12.5. The highest BCUT2D eigenvalue weighted by atomic mass is 16.4. The average molecular weight is 277 g/mol. The van der Waals surface area contributed by atoms with E-state index in [2.05, 4.69) is 0 Å². The second-order valence-corrected chi connectivity index (χ2v) is 5.72.